The van der Waals surface area contributed by atoms with Gasteiger partial charge < -0.3 is 14.2 Å². The van der Waals surface area contributed by atoms with Crippen molar-refractivity contribution < 1.29 is 19.0 Å². The SMILES string of the molecule is C=CC(=O)OCCOCCOC1CC1. The molecule has 0 aromatic heterocycles. The third-order valence-electron chi connectivity index (χ3n) is 1.74. The van der Waals surface area contributed by atoms with Crippen LogP contribution in [0.2, 0.25) is 0 Å². The van der Waals surface area contributed by atoms with E-state index in [-0.39, 0.29) is 6.61 Å². The van der Waals surface area contributed by atoms with E-state index in [1.54, 1.807) is 0 Å². The van der Waals surface area contributed by atoms with E-state index in [4.69, 9.17) is 14.2 Å². The molecule has 0 atom stereocenters. The Morgan fingerprint density at radius 1 is 1.29 bits per heavy atom. The molecule has 1 fully saturated rings. The van der Waals surface area contributed by atoms with Crippen molar-refractivity contribution in [3.8, 4) is 0 Å². The summed E-state index contributed by atoms with van der Waals surface area (Å²) in [4.78, 5) is 10.6. The fourth-order valence-corrected chi connectivity index (χ4v) is 0.871. The maximum absolute atomic E-state index is 10.6. The van der Waals surface area contributed by atoms with Crippen LogP contribution in [0.4, 0.5) is 0 Å². The molecule has 0 N–H and O–H groups in total. The van der Waals surface area contributed by atoms with Crippen LogP contribution in [0, 0.1) is 0 Å². The molecule has 0 amide bonds. The summed E-state index contributed by atoms with van der Waals surface area (Å²) in [5.74, 6) is -0.414. The average molecular weight is 200 g/mol. The second kappa shape index (κ2) is 6.56. The van der Waals surface area contributed by atoms with Gasteiger partial charge in [0.25, 0.3) is 0 Å². The number of ether oxygens (including phenoxy) is 3. The molecule has 0 bridgehead atoms. The summed E-state index contributed by atoms with van der Waals surface area (Å²) in [5.41, 5.74) is 0. The molecule has 1 aliphatic rings. The molecule has 4 nitrogen and oxygen atoms in total. The Balaban J connectivity index is 1.74. The summed E-state index contributed by atoms with van der Waals surface area (Å²) in [7, 11) is 0. The van der Waals surface area contributed by atoms with Gasteiger partial charge in [-0.25, -0.2) is 4.79 Å². The fraction of sp³-hybridized carbons (Fsp3) is 0.700. The zero-order chi connectivity index (χ0) is 10.2. The molecular weight excluding hydrogens is 184 g/mol. The van der Waals surface area contributed by atoms with Gasteiger partial charge in [-0.05, 0) is 12.8 Å². The molecule has 0 aromatic rings. The molecule has 1 aliphatic carbocycles. The molecule has 0 heterocycles. The number of hydrogen-bond acceptors (Lipinski definition) is 4. The number of esters is 1. The van der Waals surface area contributed by atoms with Crippen molar-refractivity contribution >= 4 is 5.97 Å². The molecule has 14 heavy (non-hydrogen) atoms. The van der Waals surface area contributed by atoms with Crippen LogP contribution in [0.15, 0.2) is 12.7 Å². The maximum atomic E-state index is 10.6. The van der Waals surface area contributed by atoms with Crippen molar-refractivity contribution in [2.24, 2.45) is 0 Å². The van der Waals surface area contributed by atoms with Crippen molar-refractivity contribution in [2.45, 2.75) is 18.9 Å². The minimum atomic E-state index is -0.414. The van der Waals surface area contributed by atoms with E-state index < -0.39 is 5.97 Å². The van der Waals surface area contributed by atoms with E-state index in [0.717, 1.165) is 6.08 Å². The Labute approximate surface area is 83.8 Å². The predicted octanol–water partition coefficient (Wildman–Crippen LogP) is 0.911. The quantitative estimate of drug-likeness (QED) is 0.332. The molecule has 80 valence electrons. The zero-order valence-corrected chi connectivity index (χ0v) is 8.24. The Morgan fingerprint density at radius 3 is 2.64 bits per heavy atom. The maximum Gasteiger partial charge on any atom is 0.330 e. The van der Waals surface area contributed by atoms with E-state index in [1.165, 1.54) is 12.8 Å². The van der Waals surface area contributed by atoms with Gasteiger partial charge in [-0.1, -0.05) is 6.58 Å². The second-order valence-electron chi connectivity index (χ2n) is 3.05. The van der Waals surface area contributed by atoms with Crippen LogP contribution in [-0.2, 0) is 19.0 Å². The summed E-state index contributed by atoms with van der Waals surface area (Å²) in [6.45, 7) is 5.15. The van der Waals surface area contributed by atoms with E-state index >= 15 is 0 Å². The van der Waals surface area contributed by atoms with Crippen LogP contribution < -0.4 is 0 Å². The number of carbonyl (C=O) groups excluding carboxylic acids is 1. The lowest BCUT2D eigenvalue weighted by Gasteiger charge is -2.04. The summed E-state index contributed by atoms with van der Waals surface area (Å²) < 4.78 is 15.2. The molecule has 0 aliphatic heterocycles. The van der Waals surface area contributed by atoms with Crippen molar-refractivity contribution in [1.29, 1.82) is 0 Å². The van der Waals surface area contributed by atoms with Gasteiger partial charge in [0.05, 0.1) is 25.9 Å². The highest BCUT2D eigenvalue weighted by Gasteiger charge is 2.21. The van der Waals surface area contributed by atoms with Crippen molar-refractivity contribution in [2.75, 3.05) is 26.4 Å². The minimum Gasteiger partial charge on any atom is -0.460 e. The van der Waals surface area contributed by atoms with Crippen LogP contribution in [0.1, 0.15) is 12.8 Å². The zero-order valence-electron chi connectivity index (χ0n) is 8.24. The van der Waals surface area contributed by atoms with Crippen LogP contribution in [0.3, 0.4) is 0 Å². The van der Waals surface area contributed by atoms with Crippen molar-refractivity contribution in [3.63, 3.8) is 0 Å². The van der Waals surface area contributed by atoms with Gasteiger partial charge in [-0.2, -0.15) is 0 Å². The molecule has 0 saturated heterocycles. The van der Waals surface area contributed by atoms with Crippen LogP contribution >= 0.6 is 0 Å². The fourth-order valence-electron chi connectivity index (χ4n) is 0.871. The third-order valence-corrected chi connectivity index (χ3v) is 1.74. The second-order valence-corrected chi connectivity index (χ2v) is 3.05. The standard InChI is InChI=1S/C10H16O4/c1-2-10(11)14-8-6-12-5-7-13-9-3-4-9/h2,9H,1,3-8H2. The first kappa shape index (κ1) is 11.2. The van der Waals surface area contributed by atoms with E-state index in [9.17, 15) is 4.79 Å². The lowest BCUT2D eigenvalue weighted by Crippen LogP contribution is -2.11. The van der Waals surface area contributed by atoms with Gasteiger partial charge in [0.15, 0.2) is 0 Å². The highest BCUT2D eigenvalue weighted by Crippen LogP contribution is 2.22. The highest BCUT2D eigenvalue weighted by atomic mass is 16.6. The lowest BCUT2D eigenvalue weighted by molar-refractivity contribution is -0.139. The van der Waals surface area contributed by atoms with Crippen LogP contribution in [0.5, 0.6) is 0 Å². The molecule has 1 saturated carbocycles. The molecule has 0 radical (unpaired) electrons. The van der Waals surface area contributed by atoms with Crippen molar-refractivity contribution in [3.05, 3.63) is 12.7 Å². The van der Waals surface area contributed by atoms with E-state index in [1.807, 2.05) is 0 Å². The molecule has 1 rings (SSSR count). The summed E-state index contributed by atoms with van der Waals surface area (Å²) in [6, 6.07) is 0. The average Bonchev–Trinajstić information content (AvgIpc) is 2.99. The molecular formula is C10H16O4. The normalized spacial score (nSPS) is 15.1. The Hall–Kier alpha value is -0.870. The van der Waals surface area contributed by atoms with E-state index in [0.29, 0.717) is 25.9 Å². The van der Waals surface area contributed by atoms with Gasteiger partial charge in [0.2, 0.25) is 0 Å². The summed E-state index contributed by atoms with van der Waals surface area (Å²) in [5, 5.41) is 0. The first-order valence-electron chi connectivity index (χ1n) is 4.81. The molecule has 0 aromatic carbocycles. The Bertz CT molecular complexity index is 187. The first-order chi connectivity index (χ1) is 6.83. The highest BCUT2D eigenvalue weighted by molar-refractivity contribution is 5.81. The van der Waals surface area contributed by atoms with Crippen LogP contribution in [0.25, 0.3) is 0 Å². The predicted molar refractivity (Wildman–Crippen MR) is 50.9 cm³/mol. The van der Waals surface area contributed by atoms with Crippen molar-refractivity contribution in [1.82, 2.24) is 0 Å². The van der Waals surface area contributed by atoms with Gasteiger partial charge in [0, 0.05) is 6.08 Å². The molecule has 0 unspecified atom stereocenters. The molecule has 4 heteroatoms. The van der Waals surface area contributed by atoms with Gasteiger partial charge >= 0.3 is 5.97 Å². The number of hydrogen-bond donors (Lipinski definition) is 0. The van der Waals surface area contributed by atoms with Crippen LogP contribution in [-0.4, -0.2) is 38.5 Å². The Morgan fingerprint density at radius 2 is 2.00 bits per heavy atom. The first-order valence-corrected chi connectivity index (χ1v) is 4.81. The Kier molecular flexibility index (Phi) is 5.25. The minimum absolute atomic E-state index is 0.272. The number of rotatable bonds is 8. The van der Waals surface area contributed by atoms with Gasteiger partial charge in [0.1, 0.15) is 6.61 Å². The monoisotopic (exact) mass is 200 g/mol. The van der Waals surface area contributed by atoms with Gasteiger partial charge in [-0.15, -0.1) is 0 Å². The van der Waals surface area contributed by atoms with Gasteiger partial charge in [-0.3, -0.25) is 0 Å². The summed E-state index contributed by atoms with van der Waals surface area (Å²) in [6.07, 6.45) is 3.96. The number of carbonyl (C=O) groups is 1. The largest absolute Gasteiger partial charge is 0.460 e. The third kappa shape index (κ3) is 5.72. The lowest BCUT2D eigenvalue weighted by atomic mass is 10.6. The van der Waals surface area contributed by atoms with E-state index in [2.05, 4.69) is 6.58 Å². The topological polar surface area (TPSA) is 44.8 Å². The smallest absolute Gasteiger partial charge is 0.330 e. The molecule has 0 spiro atoms. The summed E-state index contributed by atoms with van der Waals surface area (Å²) >= 11 is 0.